The van der Waals surface area contributed by atoms with Crippen LogP contribution in [0.1, 0.15) is 50.2 Å². The lowest BCUT2D eigenvalue weighted by Gasteiger charge is -2.34. The van der Waals surface area contributed by atoms with Crippen molar-refractivity contribution in [3.8, 4) is 6.07 Å². The van der Waals surface area contributed by atoms with Crippen LogP contribution in [0.15, 0.2) is 29.3 Å². The second kappa shape index (κ2) is 14.4. The first-order chi connectivity index (χ1) is 19.1. The fraction of sp³-hybridized carbons (Fsp3) is 0.571. The van der Waals surface area contributed by atoms with Crippen LogP contribution < -0.4 is 4.90 Å². The maximum atomic E-state index is 13.4. The molecule has 2 aliphatic rings. The van der Waals surface area contributed by atoms with E-state index in [9.17, 15) is 27.6 Å². The van der Waals surface area contributed by atoms with Gasteiger partial charge in [0.15, 0.2) is 0 Å². The van der Waals surface area contributed by atoms with Crippen LogP contribution in [-0.4, -0.2) is 87.2 Å². The second-order valence-electron chi connectivity index (χ2n) is 9.82. The number of methoxy groups -OCH3 is 1. The van der Waals surface area contributed by atoms with Crippen molar-refractivity contribution in [2.24, 2.45) is 0 Å². The van der Waals surface area contributed by atoms with E-state index >= 15 is 0 Å². The zero-order chi connectivity index (χ0) is 29.3. The number of piperazine rings is 1. The van der Waals surface area contributed by atoms with Gasteiger partial charge in [-0.05, 0) is 50.9 Å². The van der Waals surface area contributed by atoms with Gasteiger partial charge in [0.25, 0.3) is 11.8 Å². The fourth-order valence-electron chi connectivity index (χ4n) is 4.82. The molecule has 9 nitrogen and oxygen atoms in total. The molecule has 2 aliphatic heterocycles. The lowest BCUT2D eigenvalue weighted by molar-refractivity contribution is -0.138. The Morgan fingerprint density at radius 1 is 1.02 bits per heavy atom. The highest BCUT2D eigenvalue weighted by Crippen LogP contribution is 2.37. The number of carbonyl (C=O) groups excluding carboxylic acids is 3. The summed E-state index contributed by atoms with van der Waals surface area (Å²) in [5.41, 5.74) is -1.40. The number of rotatable bonds is 13. The minimum absolute atomic E-state index is 0.0150. The number of carbonyl (C=O) groups is 3. The summed E-state index contributed by atoms with van der Waals surface area (Å²) in [5, 5.41) is 9.00. The van der Waals surface area contributed by atoms with E-state index in [0.29, 0.717) is 50.8 Å². The first kappa shape index (κ1) is 31.3. The average molecular weight is 565 g/mol. The molecule has 40 heavy (non-hydrogen) atoms. The Morgan fingerprint density at radius 2 is 1.73 bits per heavy atom. The Bertz CT molecular complexity index is 1150. The van der Waals surface area contributed by atoms with E-state index in [4.69, 9.17) is 14.7 Å². The van der Waals surface area contributed by atoms with E-state index in [1.165, 1.54) is 19.1 Å². The zero-order valence-electron chi connectivity index (χ0n) is 22.9. The molecule has 3 amide bonds. The van der Waals surface area contributed by atoms with Crippen molar-refractivity contribution in [1.29, 1.82) is 5.26 Å². The fourth-order valence-corrected chi connectivity index (χ4v) is 4.82. The number of alkyl halides is 3. The van der Waals surface area contributed by atoms with E-state index in [2.05, 4.69) is 4.90 Å². The molecule has 12 heteroatoms. The van der Waals surface area contributed by atoms with Crippen LogP contribution in [0.4, 0.5) is 18.9 Å². The van der Waals surface area contributed by atoms with Gasteiger partial charge in [-0.2, -0.15) is 18.4 Å². The number of unbranched alkanes of at least 4 members (excludes halogenated alkanes) is 3. The van der Waals surface area contributed by atoms with Gasteiger partial charge >= 0.3 is 6.18 Å². The summed E-state index contributed by atoms with van der Waals surface area (Å²) < 4.78 is 50.3. The van der Waals surface area contributed by atoms with E-state index in [0.717, 1.165) is 49.9 Å². The van der Waals surface area contributed by atoms with Gasteiger partial charge in [0.1, 0.15) is 6.61 Å². The van der Waals surface area contributed by atoms with Crippen LogP contribution >= 0.6 is 0 Å². The summed E-state index contributed by atoms with van der Waals surface area (Å²) >= 11 is 0. The van der Waals surface area contributed by atoms with Gasteiger partial charge in [-0.15, -0.1) is 0 Å². The first-order valence-corrected chi connectivity index (χ1v) is 13.3. The number of benzene rings is 1. The van der Waals surface area contributed by atoms with E-state index in [-0.39, 0.29) is 23.8 Å². The molecule has 0 aromatic heterocycles. The molecule has 2 heterocycles. The summed E-state index contributed by atoms with van der Waals surface area (Å²) in [6.45, 7) is 6.25. The van der Waals surface area contributed by atoms with Gasteiger partial charge in [0.05, 0.1) is 36.1 Å². The Kier molecular flexibility index (Phi) is 11.2. The highest BCUT2D eigenvalue weighted by molar-refractivity contribution is 6.32. The normalized spacial score (nSPS) is 16.7. The molecule has 1 aromatic rings. The highest BCUT2D eigenvalue weighted by Gasteiger charge is 2.39. The van der Waals surface area contributed by atoms with Crippen LogP contribution in [0.2, 0.25) is 0 Å². The Hall–Kier alpha value is -3.27. The SMILES string of the molecule is COCCOCC(=O)N1CCN(CCCCCCC2=C(C)C(=O)N(c3ccc(C#N)c(C(F)(F)F)c3)C2=O)CC1. The molecule has 0 saturated carbocycles. The smallest absolute Gasteiger partial charge is 0.382 e. The van der Waals surface area contributed by atoms with Gasteiger partial charge in [0.2, 0.25) is 5.91 Å². The van der Waals surface area contributed by atoms with Crippen molar-refractivity contribution in [1.82, 2.24) is 9.80 Å². The predicted molar refractivity (Wildman–Crippen MR) is 140 cm³/mol. The van der Waals surface area contributed by atoms with E-state index < -0.39 is 29.1 Å². The van der Waals surface area contributed by atoms with Crippen molar-refractivity contribution in [3.05, 3.63) is 40.5 Å². The van der Waals surface area contributed by atoms with Gasteiger partial charge in [-0.1, -0.05) is 12.8 Å². The molecule has 0 unspecified atom stereocenters. The average Bonchev–Trinajstić information content (AvgIpc) is 3.15. The maximum Gasteiger partial charge on any atom is 0.417 e. The summed E-state index contributed by atoms with van der Waals surface area (Å²) in [7, 11) is 1.58. The summed E-state index contributed by atoms with van der Waals surface area (Å²) in [6, 6.07) is 4.34. The number of ether oxygens (including phenoxy) is 2. The predicted octanol–water partition coefficient (Wildman–Crippen LogP) is 3.52. The number of nitriles is 1. The number of amides is 3. The molecule has 1 saturated heterocycles. The molecule has 0 bridgehead atoms. The monoisotopic (exact) mass is 564 g/mol. The molecule has 1 aromatic carbocycles. The third-order valence-electron chi connectivity index (χ3n) is 7.16. The second-order valence-corrected chi connectivity index (χ2v) is 9.82. The number of hydrogen-bond donors (Lipinski definition) is 0. The topological polar surface area (TPSA) is 103 Å². The molecule has 218 valence electrons. The van der Waals surface area contributed by atoms with Crippen LogP contribution in [-0.2, 0) is 30.0 Å². The summed E-state index contributed by atoms with van der Waals surface area (Å²) in [4.78, 5) is 42.8. The van der Waals surface area contributed by atoms with Crippen LogP contribution in [0, 0.1) is 11.3 Å². The van der Waals surface area contributed by atoms with Crippen LogP contribution in [0.3, 0.4) is 0 Å². The Morgan fingerprint density at radius 3 is 2.38 bits per heavy atom. The zero-order valence-corrected chi connectivity index (χ0v) is 22.9. The molecule has 0 radical (unpaired) electrons. The van der Waals surface area contributed by atoms with Crippen molar-refractivity contribution in [3.63, 3.8) is 0 Å². The van der Waals surface area contributed by atoms with Crippen molar-refractivity contribution in [2.75, 3.05) is 64.6 Å². The molecular formula is C28H35F3N4O5. The maximum absolute atomic E-state index is 13.4. The summed E-state index contributed by atoms with van der Waals surface area (Å²) in [6.07, 6.45) is -1.03. The lowest BCUT2D eigenvalue weighted by Crippen LogP contribution is -2.49. The van der Waals surface area contributed by atoms with Crippen molar-refractivity contribution in [2.45, 2.75) is 45.2 Å². The van der Waals surface area contributed by atoms with Crippen molar-refractivity contribution < 1.29 is 37.0 Å². The minimum atomic E-state index is -4.79. The standard InChI is InChI=1S/C28H35F3N4O5/c1-20-23(27(38)35(26(20)37)22-9-8-21(18-32)24(17-22)28(29,30)31)7-5-3-4-6-10-33-11-13-34(14-12-33)25(36)19-40-16-15-39-2/h8-9,17H,3-7,10-16,19H2,1-2H3. The number of anilines is 1. The third kappa shape index (κ3) is 7.90. The van der Waals surface area contributed by atoms with Crippen LogP contribution in [0.25, 0.3) is 0 Å². The van der Waals surface area contributed by atoms with E-state index in [1.54, 1.807) is 7.11 Å². The molecule has 0 spiro atoms. The first-order valence-electron chi connectivity index (χ1n) is 13.3. The number of halogens is 3. The van der Waals surface area contributed by atoms with Gasteiger partial charge < -0.3 is 14.4 Å². The Balaban J connectivity index is 1.40. The minimum Gasteiger partial charge on any atom is -0.382 e. The van der Waals surface area contributed by atoms with Gasteiger partial charge in [-0.25, -0.2) is 4.90 Å². The number of imide groups is 1. The quantitative estimate of drug-likeness (QED) is 0.267. The van der Waals surface area contributed by atoms with E-state index in [1.807, 2.05) is 4.90 Å². The van der Waals surface area contributed by atoms with Gasteiger partial charge in [-0.3, -0.25) is 19.3 Å². The Labute approximate surface area is 232 Å². The number of hydrogen-bond acceptors (Lipinski definition) is 7. The molecule has 1 fully saturated rings. The number of nitrogens with zero attached hydrogens (tertiary/aromatic N) is 4. The summed E-state index contributed by atoms with van der Waals surface area (Å²) in [5.74, 6) is -1.27. The van der Waals surface area contributed by atoms with Crippen LogP contribution in [0.5, 0.6) is 0 Å². The highest BCUT2D eigenvalue weighted by atomic mass is 19.4. The lowest BCUT2D eigenvalue weighted by atomic mass is 10.0. The molecular weight excluding hydrogens is 529 g/mol. The van der Waals surface area contributed by atoms with Crippen molar-refractivity contribution >= 4 is 23.4 Å². The molecule has 0 aliphatic carbocycles. The third-order valence-corrected chi connectivity index (χ3v) is 7.16. The largest absolute Gasteiger partial charge is 0.417 e. The molecule has 0 atom stereocenters. The molecule has 3 rings (SSSR count). The molecule has 0 N–H and O–H groups in total. The van der Waals surface area contributed by atoms with Gasteiger partial charge in [0, 0.05) is 44.4 Å².